The fourth-order valence-electron chi connectivity index (χ4n) is 1.08. The highest BCUT2D eigenvalue weighted by molar-refractivity contribution is 5.86. The highest BCUT2D eigenvalue weighted by atomic mass is 17.5. The van der Waals surface area contributed by atoms with Crippen LogP contribution in [-0.2, 0) is 24.2 Å². The van der Waals surface area contributed by atoms with Gasteiger partial charge in [-0.3, -0.25) is 0 Å². The van der Waals surface area contributed by atoms with Crippen LogP contribution in [0.3, 0.4) is 0 Å². The lowest BCUT2D eigenvalue weighted by atomic mass is 10.3. The SMILES string of the molecule is C=C(C)C(=O)OCCOCCOOOc1ccccc1. The molecular weight excluding hydrogens is 264 g/mol. The maximum absolute atomic E-state index is 11.0. The molecule has 1 aromatic carbocycles. The zero-order valence-electron chi connectivity index (χ0n) is 11.4. The summed E-state index contributed by atoms with van der Waals surface area (Å²) < 4.78 is 9.98. The Hall–Kier alpha value is -1.89. The van der Waals surface area contributed by atoms with Gasteiger partial charge in [-0.2, -0.15) is 4.89 Å². The second-order valence-electron chi connectivity index (χ2n) is 3.82. The number of carbonyl (C=O) groups is 1. The van der Waals surface area contributed by atoms with Gasteiger partial charge in [0.05, 0.1) is 13.2 Å². The van der Waals surface area contributed by atoms with E-state index in [1.165, 1.54) is 0 Å². The quantitative estimate of drug-likeness (QED) is 0.215. The predicted molar refractivity (Wildman–Crippen MR) is 70.7 cm³/mol. The minimum atomic E-state index is -0.426. The van der Waals surface area contributed by atoms with E-state index in [1.807, 2.05) is 18.2 Å². The van der Waals surface area contributed by atoms with E-state index < -0.39 is 5.97 Å². The number of ether oxygens (including phenoxy) is 2. The molecule has 6 heteroatoms. The number of rotatable bonds is 10. The minimum Gasteiger partial charge on any atom is -0.460 e. The summed E-state index contributed by atoms with van der Waals surface area (Å²) >= 11 is 0. The summed E-state index contributed by atoms with van der Waals surface area (Å²) in [6.07, 6.45) is 0. The number of carbonyl (C=O) groups excluding carboxylic acids is 1. The van der Waals surface area contributed by atoms with Crippen LogP contribution < -0.4 is 4.89 Å². The number of benzene rings is 1. The molecule has 0 aliphatic heterocycles. The molecule has 0 fully saturated rings. The van der Waals surface area contributed by atoms with Crippen LogP contribution in [0.5, 0.6) is 5.75 Å². The molecule has 0 bridgehead atoms. The molecule has 0 saturated heterocycles. The molecule has 0 N–H and O–H groups in total. The van der Waals surface area contributed by atoms with E-state index in [9.17, 15) is 4.79 Å². The maximum Gasteiger partial charge on any atom is 0.333 e. The van der Waals surface area contributed by atoms with E-state index >= 15 is 0 Å². The molecule has 0 heterocycles. The molecule has 0 spiro atoms. The number of para-hydroxylation sites is 1. The first kappa shape index (κ1) is 16.2. The average Bonchev–Trinajstić information content (AvgIpc) is 2.46. The fourth-order valence-corrected chi connectivity index (χ4v) is 1.08. The number of hydrogen-bond acceptors (Lipinski definition) is 6. The van der Waals surface area contributed by atoms with E-state index in [1.54, 1.807) is 19.1 Å². The lowest BCUT2D eigenvalue weighted by Gasteiger charge is -2.06. The summed E-state index contributed by atoms with van der Waals surface area (Å²) in [4.78, 5) is 20.6. The molecule has 0 unspecified atom stereocenters. The van der Waals surface area contributed by atoms with E-state index in [2.05, 4.69) is 11.6 Å². The Kier molecular flexibility index (Phi) is 8.05. The summed E-state index contributed by atoms with van der Waals surface area (Å²) in [5.74, 6) is 0.115. The van der Waals surface area contributed by atoms with E-state index in [-0.39, 0.29) is 19.8 Å². The molecule has 1 aromatic rings. The van der Waals surface area contributed by atoms with Crippen LogP contribution in [0.25, 0.3) is 0 Å². The smallest absolute Gasteiger partial charge is 0.333 e. The van der Waals surface area contributed by atoms with Gasteiger partial charge in [-0.05, 0) is 24.1 Å². The zero-order chi connectivity index (χ0) is 14.6. The van der Waals surface area contributed by atoms with E-state index in [4.69, 9.17) is 19.2 Å². The van der Waals surface area contributed by atoms with Gasteiger partial charge in [0.15, 0.2) is 5.75 Å². The molecule has 0 aromatic heterocycles. The summed E-state index contributed by atoms with van der Waals surface area (Å²) in [7, 11) is 0. The number of esters is 1. The Morgan fingerprint density at radius 3 is 2.50 bits per heavy atom. The molecule has 1 rings (SSSR count). The van der Waals surface area contributed by atoms with Crippen molar-refractivity contribution in [1.29, 1.82) is 0 Å². The summed E-state index contributed by atoms with van der Waals surface area (Å²) in [6, 6.07) is 8.95. The Morgan fingerprint density at radius 2 is 1.80 bits per heavy atom. The second kappa shape index (κ2) is 9.96. The summed E-state index contributed by atoms with van der Waals surface area (Å²) in [5.41, 5.74) is 0.361. The topological polar surface area (TPSA) is 63.2 Å². The molecule has 6 nitrogen and oxygen atoms in total. The van der Waals surface area contributed by atoms with Crippen molar-refractivity contribution in [2.24, 2.45) is 0 Å². The van der Waals surface area contributed by atoms with Gasteiger partial charge < -0.3 is 14.4 Å². The van der Waals surface area contributed by atoms with Crippen LogP contribution in [0.4, 0.5) is 0 Å². The summed E-state index contributed by atoms with van der Waals surface area (Å²) in [5, 5.41) is 4.52. The first-order valence-electron chi connectivity index (χ1n) is 6.11. The van der Waals surface area contributed by atoms with Crippen LogP contribution in [0, 0.1) is 0 Å². The molecule has 0 saturated carbocycles. The lowest BCUT2D eigenvalue weighted by molar-refractivity contribution is -0.467. The highest BCUT2D eigenvalue weighted by Crippen LogP contribution is 2.08. The van der Waals surface area contributed by atoms with Gasteiger partial charge in [-0.25, -0.2) is 4.79 Å². The van der Waals surface area contributed by atoms with Crippen LogP contribution in [0.15, 0.2) is 42.5 Å². The Balaban J connectivity index is 1.88. The molecule has 110 valence electrons. The monoisotopic (exact) mass is 282 g/mol. The van der Waals surface area contributed by atoms with Crippen molar-refractivity contribution in [3.8, 4) is 5.75 Å². The molecule has 0 radical (unpaired) electrons. The normalized spacial score (nSPS) is 10.1. The standard InChI is InChI=1S/C14H18O6/c1-12(2)14(15)17-10-8-16-9-11-18-20-19-13-6-4-3-5-7-13/h3-7H,1,8-11H2,2H3. The van der Waals surface area contributed by atoms with Gasteiger partial charge in [0.2, 0.25) is 0 Å². The predicted octanol–water partition coefficient (Wildman–Crippen LogP) is 2.06. The fraction of sp³-hybridized carbons (Fsp3) is 0.357. The van der Waals surface area contributed by atoms with Crippen molar-refractivity contribution < 1.29 is 29.1 Å². The van der Waals surface area contributed by atoms with E-state index in [0.717, 1.165) is 0 Å². The molecule has 0 atom stereocenters. The van der Waals surface area contributed by atoms with Crippen LogP contribution in [0.1, 0.15) is 6.92 Å². The Bertz CT molecular complexity index is 403. The van der Waals surface area contributed by atoms with Crippen molar-refractivity contribution in [1.82, 2.24) is 0 Å². The molecule has 0 aliphatic rings. The van der Waals surface area contributed by atoms with Crippen molar-refractivity contribution in [2.75, 3.05) is 26.4 Å². The van der Waals surface area contributed by atoms with Gasteiger partial charge >= 0.3 is 5.97 Å². The minimum absolute atomic E-state index is 0.174. The van der Waals surface area contributed by atoms with Crippen molar-refractivity contribution in [3.05, 3.63) is 42.5 Å². The third-order valence-electron chi connectivity index (χ3n) is 2.04. The Labute approximate surface area is 117 Å². The second-order valence-corrected chi connectivity index (χ2v) is 3.82. The van der Waals surface area contributed by atoms with Crippen molar-refractivity contribution >= 4 is 5.97 Å². The largest absolute Gasteiger partial charge is 0.460 e. The average molecular weight is 282 g/mol. The molecule has 20 heavy (non-hydrogen) atoms. The van der Waals surface area contributed by atoms with Gasteiger partial charge in [-0.1, -0.05) is 24.8 Å². The molecule has 0 amide bonds. The molecular formula is C14H18O6. The van der Waals surface area contributed by atoms with Gasteiger partial charge in [0.1, 0.15) is 13.2 Å². The van der Waals surface area contributed by atoms with Crippen LogP contribution >= 0.6 is 0 Å². The van der Waals surface area contributed by atoms with Crippen LogP contribution in [-0.4, -0.2) is 32.4 Å². The maximum atomic E-state index is 11.0. The van der Waals surface area contributed by atoms with E-state index in [0.29, 0.717) is 17.9 Å². The first-order valence-corrected chi connectivity index (χ1v) is 6.11. The van der Waals surface area contributed by atoms with Gasteiger partial charge in [-0.15, -0.1) is 0 Å². The lowest BCUT2D eigenvalue weighted by Crippen LogP contribution is -2.13. The van der Waals surface area contributed by atoms with Gasteiger partial charge in [0, 0.05) is 5.57 Å². The zero-order valence-corrected chi connectivity index (χ0v) is 11.4. The first-order chi connectivity index (χ1) is 9.70. The van der Waals surface area contributed by atoms with Crippen LogP contribution in [0.2, 0.25) is 0 Å². The third kappa shape index (κ3) is 7.52. The Morgan fingerprint density at radius 1 is 1.10 bits per heavy atom. The van der Waals surface area contributed by atoms with Gasteiger partial charge in [0.25, 0.3) is 0 Å². The van der Waals surface area contributed by atoms with Crippen molar-refractivity contribution in [2.45, 2.75) is 6.92 Å². The molecule has 0 aliphatic carbocycles. The van der Waals surface area contributed by atoms with Crippen molar-refractivity contribution in [3.63, 3.8) is 0 Å². The highest BCUT2D eigenvalue weighted by Gasteiger charge is 2.01. The third-order valence-corrected chi connectivity index (χ3v) is 2.04. The number of hydrogen-bond donors (Lipinski definition) is 0. The summed E-state index contributed by atoms with van der Waals surface area (Å²) in [6.45, 7) is 5.99.